The van der Waals surface area contributed by atoms with Crippen LogP contribution in [0.3, 0.4) is 0 Å². The van der Waals surface area contributed by atoms with Crippen molar-refractivity contribution in [1.82, 2.24) is 29.2 Å². The summed E-state index contributed by atoms with van der Waals surface area (Å²) in [4.78, 5) is 33.1. The van der Waals surface area contributed by atoms with Gasteiger partial charge in [0.05, 0.1) is 30.2 Å². The zero-order chi connectivity index (χ0) is 37.9. The number of aliphatic hydroxyl groups is 2. The van der Waals surface area contributed by atoms with E-state index in [9.17, 15) is 28.6 Å². The number of aliphatic hydroxyl groups excluding tert-OH is 2. The van der Waals surface area contributed by atoms with Gasteiger partial charge in [0.2, 0.25) is 0 Å². The molecule has 6 heterocycles. The van der Waals surface area contributed by atoms with E-state index in [2.05, 4.69) is 30.8 Å². The molecule has 280 valence electrons. The average molecular weight is 741 g/mol. The highest BCUT2D eigenvalue weighted by Gasteiger charge is 2.46. The number of ether oxygens (including phenoxy) is 2. The SMILES string of the molecule is CC[C@H]1O[C@@H](c2ccc3c(NC(=O)c4ccccc4)ncnn23)[C@H](F)[C@@H]1O.C[C@H]1[C@@H](F)[C@H](c2ccc3c(NC(=O)c4ccccc4)ncnn23)O[C@@H]1CO. The molecule has 0 unspecified atom stereocenters. The number of halogens is 2. The topological polar surface area (TPSA) is 177 Å². The van der Waals surface area contributed by atoms with Crippen LogP contribution in [0, 0.1) is 5.92 Å². The molecule has 54 heavy (non-hydrogen) atoms. The summed E-state index contributed by atoms with van der Waals surface area (Å²) in [7, 11) is 0. The van der Waals surface area contributed by atoms with Crippen molar-refractivity contribution in [3.8, 4) is 0 Å². The molecule has 2 saturated heterocycles. The molecular weight excluding hydrogens is 702 g/mol. The molecule has 0 aliphatic carbocycles. The van der Waals surface area contributed by atoms with Gasteiger partial charge in [-0.2, -0.15) is 10.2 Å². The van der Waals surface area contributed by atoms with Gasteiger partial charge in [0.15, 0.2) is 17.8 Å². The fourth-order valence-corrected chi connectivity index (χ4v) is 6.68. The smallest absolute Gasteiger partial charge is 0.256 e. The zero-order valence-electron chi connectivity index (χ0n) is 29.2. The van der Waals surface area contributed by atoms with Crippen LogP contribution in [0.2, 0.25) is 0 Å². The van der Waals surface area contributed by atoms with E-state index in [4.69, 9.17) is 9.47 Å². The first kappa shape index (κ1) is 36.7. The van der Waals surface area contributed by atoms with Crippen LogP contribution in [0.25, 0.3) is 11.0 Å². The second-order valence-corrected chi connectivity index (χ2v) is 13.0. The monoisotopic (exact) mass is 740 g/mol. The Hall–Kier alpha value is -5.68. The van der Waals surface area contributed by atoms with E-state index in [1.54, 1.807) is 79.7 Å². The molecule has 2 amide bonds. The summed E-state index contributed by atoms with van der Waals surface area (Å²) in [6, 6.07) is 24.3. The number of benzene rings is 2. The van der Waals surface area contributed by atoms with Gasteiger partial charge in [-0.25, -0.2) is 27.8 Å². The van der Waals surface area contributed by atoms with E-state index < -0.39 is 48.8 Å². The van der Waals surface area contributed by atoms with Crippen LogP contribution in [-0.2, 0) is 9.47 Å². The van der Waals surface area contributed by atoms with Gasteiger partial charge in [0.25, 0.3) is 11.8 Å². The Morgan fingerprint density at radius 1 is 0.722 bits per heavy atom. The highest BCUT2D eigenvalue weighted by Crippen LogP contribution is 2.40. The predicted molar refractivity (Wildman–Crippen MR) is 192 cm³/mol. The molecule has 2 aromatic carbocycles. The number of amides is 2. The first-order chi connectivity index (χ1) is 26.2. The molecule has 0 radical (unpaired) electrons. The van der Waals surface area contributed by atoms with E-state index in [-0.39, 0.29) is 18.4 Å². The van der Waals surface area contributed by atoms with Gasteiger partial charge >= 0.3 is 0 Å². The van der Waals surface area contributed by atoms with Crippen molar-refractivity contribution in [1.29, 1.82) is 0 Å². The molecule has 2 aliphatic heterocycles. The lowest BCUT2D eigenvalue weighted by Gasteiger charge is -2.13. The van der Waals surface area contributed by atoms with E-state index in [1.807, 2.05) is 19.1 Å². The minimum absolute atomic E-state index is 0.241. The van der Waals surface area contributed by atoms with Gasteiger partial charge < -0.3 is 30.3 Å². The lowest BCUT2D eigenvalue weighted by molar-refractivity contribution is -0.00712. The van der Waals surface area contributed by atoms with Gasteiger partial charge in [0, 0.05) is 17.0 Å². The molecule has 6 aromatic rings. The quantitative estimate of drug-likeness (QED) is 0.168. The van der Waals surface area contributed by atoms with Gasteiger partial charge in [-0.3, -0.25) is 9.59 Å². The molecule has 8 rings (SSSR count). The number of anilines is 2. The van der Waals surface area contributed by atoms with E-state index in [0.29, 0.717) is 51.6 Å². The molecule has 4 aromatic heterocycles. The standard InChI is InChI=1S/2C19H19FN4O3/c1-11-15(9-25)27-17(16(11)20)13-7-8-14-18(21-10-22-24(13)14)23-19(26)12-5-3-2-4-6-12;1-2-14-16(25)15(20)17(27-14)12-8-9-13-18(21-10-22-24(12)13)23-19(26)11-6-4-3-5-7-11/h2-8,10-11,15-17,25H,9H2,1H3,(H,21,22,23,26);3-10,14-17,25H,2H2,1H3,(H,21,22,23,26)/t11-,15-,16-,17+;14-,15-,16-,17+/m11/s1. The Morgan fingerprint density at radius 3 is 1.61 bits per heavy atom. The number of carbonyl (C=O) groups is 2. The molecule has 4 N–H and O–H groups in total. The summed E-state index contributed by atoms with van der Waals surface area (Å²) >= 11 is 0. The maximum absolute atomic E-state index is 14.7. The Morgan fingerprint density at radius 2 is 1.19 bits per heavy atom. The summed E-state index contributed by atoms with van der Waals surface area (Å²) in [5.41, 5.74) is 3.03. The molecule has 14 nitrogen and oxygen atoms in total. The number of carbonyl (C=O) groups excluding carboxylic acids is 2. The number of rotatable bonds is 8. The molecule has 2 aliphatic rings. The molecule has 0 saturated carbocycles. The number of hydrogen-bond acceptors (Lipinski definition) is 10. The lowest BCUT2D eigenvalue weighted by atomic mass is 9.99. The fourth-order valence-electron chi connectivity index (χ4n) is 6.68. The number of hydrogen-bond donors (Lipinski definition) is 4. The Kier molecular flexibility index (Phi) is 10.7. The largest absolute Gasteiger partial charge is 0.394 e. The summed E-state index contributed by atoms with van der Waals surface area (Å²) in [6.45, 7) is 3.30. The van der Waals surface area contributed by atoms with Crippen LogP contribution in [0.1, 0.15) is 64.6 Å². The van der Waals surface area contributed by atoms with Crippen LogP contribution in [0.4, 0.5) is 20.4 Å². The second-order valence-electron chi connectivity index (χ2n) is 13.0. The first-order valence-electron chi connectivity index (χ1n) is 17.5. The van der Waals surface area contributed by atoms with Crippen LogP contribution in [0.15, 0.2) is 97.6 Å². The van der Waals surface area contributed by atoms with Crippen molar-refractivity contribution >= 4 is 34.5 Å². The Balaban J connectivity index is 0.000000167. The third kappa shape index (κ3) is 7.03. The number of nitrogens with zero attached hydrogens (tertiary/aromatic N) is 6. The average Bonchev–Trinajstić information content (AvgIpc) is 3.97. The van der Waals surface area contributed by atoms with Crippen molar-refractivity contribution < 1.29 is 38.1 Å². The van der Waals surface area contributed by atoms with E-state index in [1.165, 1.54) is 21.7 Å². The third-order valence-electron chi connectivity index (χ3n) is 9.68. The molecular formula is C38H38F2N8O6. The van der Waals surface area contributed by atoms with Crippen LogP contribution < -0.4 is 10.6 Å². The highest BCUT2D eigenvalue weighted by molar-refractivity contribution is 6.06. The molecule has 8 atom stereocenters. The number of fused-ring (bicyclic) bond motifs is 2. The maximum Gasteiger partial charge on any atom is 0.256 e. The number of alkyl halides is 2. The van der Waals surface area contributed by atoms with Crippen molar-refractivity contribution in [3.05, 3.63) is 120 Å². The highest BCUT2D eigenvalue weighted by atomic mass is 19.1. The summed E-state index contributed by atoms with van der Waals surface area (Å²) in [6.07, 6.45) is -3.79. The summed E-state index contributed by atoms with van der Waals surface area (Å²) in [5, 5.41) is 33.2. The molecule has 16 heteroatoms. The van der Waals surface area contributed by atoms with E-state index in [0.717, 1.165) is 0 Å². The second kappa shape index (κ2) is 15.7. The van der Waals surface area contributed by atoms with Crippen LogP contribution in [-0.4, -0.2) is 88.5 Å². The van der Waals surface area contributed by atoms with Crippen molar-refractivity contribution in [2.45, 2.75) is 63.1 Å². The van der Waals surface area contributed by atoms with Gasteiger partial charge in [-0.05, 0) is 55.0 Å². The summed E-state index contributed by atoms with van der Waals surface area (Å²) in [5.74, 6) is -0.393. The lowest BCUT2D eigenvalue weighted by Crippen LogP contribution is -2.27. The first-order valence-corrected chi connectivity index (χ1v) is 17.5. The number of nitrogens with one attached hydrogen (secondary N) is 2. The van der Waals surface area contributed by atoms with Gasteiger partial charge in [-0.15, -0.1) is 0 Å². The van der Waals surface area contributed by atoms with E-state index >= 15 is 0 Å². The van der Waals surface area contributed by atoms with Crippen LogP contribution >= 0.6 is 0 Å². The molecule has 0 bridgehead atoms. The zero-order valence-corrected chi connectivity index (χ0v) is 29.2. The fraction of sp³-hybridized carbons (Fsp3) is 0.316. The predicted octanol–water partition coefficient (Wildman–Crippen LogP) is 4.92. The van der Waals surface area contributed by atoms with Crippen molar-refractivity contribution in [3.63, 3.8) is 0 Å². The Labute approximate surface area is 307 Å². The van der Waals surface area contributed by atoms with Crippen LogP contribution in [0.5, 0.6) is 0 Å². The van der Waals surface area contributed by atoms with Crippen molar-refractivity contribution in [2.75, 3.05) is 17.2 Å². The summed E-state index contributed by atoms with van der Waals surface area (Å²) < 4.78 is 43.6. The molecule has 2 fully saturated rings. The van der Waals surface area contributed by atoms with Gasteiger partial charge in [0.1, 0.15) is 48.2 Å². The van der Waals surface area contributed by atoms with Gasteiger partial charge in [-0.1, -0.05) is 50.2 Å². The maximum atomic E-state index is 14.7. The Bertz CT molecular complexity index is 2080. The number of aromatic nitrogens is 6. The third-order valence-corrected chi connectivity index (χ3v) is 9.68. The van der Waals surface area contributed by atoms with Crippen molar-refractivity contribution in [2.24, 2.45) is 5.92 Å². The molecule has 0 spiro atoms. The normalized spacial score (nSPS) is 25.0. The minimum atomic E-state index is -1.55. The minimum Gasteiger partial charge on any atom is -0.394 e.